The molecular weight excluding hydrogens is 248 g/mol. The van der Waals surface area contributed by atoms with Gasteiger partial charge in [-0.1, -0.05) is 82.1 Å². The number of rotatable bonds is 13. The molecule has 4 heteroatoms. The van der Waals surface area contributed by atoms with Crippen molar-refractivity contribution in [2.75, 3.05) is 5.75 Å². The zero-order valence-electron chi connectivity index (χ0n) is 11.8. The van der Waals surface area contributed by atoms with Gasteiger partial charge in [0.25, 0.3) is 10.1 Å². The maximum Gasteiger partial charge on any atom is 0.294 e. The van der Waals surface area contributed by atoms with Gasteiger partial charge in [0.2, 0.25) is 0 Å². The quantitative estimate of drug-likeness (QED) is 0.467. The molecule has 0 aromatic rings. The van der Waals surface area contributed by atoms with Crippen molar-refractivity contribution in [2.45, 2.75) is 84.0 Å². The molecule has 0 unspecified atom stereocenters. The minimum Gasteiger partial charge on any atom is -0.197 e. The topological polar surface area (TPSA) is 54.0 Å². The summed E-state index contributed by atoms with van der Waals surface area (Å²) in [6.45, 7) is 2.23. The van der Waals surface area contributed by atoms with Crippen molar-refractivity contribution in [1.82, 2.24) is 0 Å². The van der Waals surface area contributed by atoms with Crippen LogP contribution in [0.3, 0.4) is 0 Å². The Labute approximate surface area is 113 Å². The molecule has 0 saturated heterocycles. The van der Waals surface area contributed by atoms with E-state index in [2.05, 4.69) is 6.92 Å². The molecule has 0 rings (SSSR count). The van der Waals surface area contributed by atoms with E-state index in [1.165, 1.54) is 57.8 Å². The van der Waals surface area contributed by atoms with Crippen LogP contribution >= 0.6 is 0 Å². The molecule has 0 saturated carbocycles. The summed E-state index contributed by atoms with van der Waals surface area (Å²) in [5, 5.41) is 0. The summed E-state index contributed by atoms with van der Waals surface area (Å²) in [4.78, 5) is 0. The van der Waals surface area contributed by atoms with Gasteiger partial charge >= 0.3 is 0 Å². The van der Waals surface area contributed by atoms with Crippen molar-refractivity contribution in [3.63, 3.8) is 0 Å². The zero-order chi connectivity index (χ0) is 13.7. The molecule has 1 radical (unpaired) electrons. The number of hydrogen-bond acceptors (Lipinski definition) is 2. The fourth-order valence-corrected chi connectivity index (χ4v) is 2.68. The highest BCUT2D eigenvalue weighted by atomic mass is 32.2. The molecule has 0 spiro atoms. The van der Waals surface area contributed by atoms with E-state index in [4.69, 9.17) is 0 Å². The molecular formula is C14H29O3S. The first-order chi connectivity index (χ1) is 8.56. The lowest BCUT2D eigenvalue weighted by Crippen LogP contribution is -2.01. The van der Waals surface area contributed by atoms with Crippen molar-refractivity contribution in [1.29, 1.82) is 0 Å². The van der Waals surface area contributed by atoms with Crippen LogP contribution in [0.4, 0.5) is 0 Å². The van der Waals surface area contributed by atoms with E-state index in [1.54, 1.807) is 0 Å². The van der Waals surface area contributed by atoms with Crippen LogP contribution in [-0.4, -0.2) is 14.2 Å². The Balaban J connectivity index is 3.03. The van der Waals surface area contributed by atoms with Gasteiger partial charge in [-0.15, -0.1) is 0 Å². The molecule has 0 aliphatic heterocycles. The fourth-order valence-electron chi connectivity index (χ4n) is 2.12. The van der Waals surface area contributed by atoms with Crippen molar-refractivity contribution in [3.8, 4) is 0 Å². The van der Waals surface area contributed by atoms with Gasteiger partial charge in [0.05, 0.1) is 5.75 Å². The molecule has 0 aromatic carbocycles. The Morgan fingerprint density at radius 3 is 1.28 bits per heavy atom. The molecule has 109 valence electrons. The molecule has 0 aliphatic carbocycles. The second-order valence-corrected chi connectivity index (χ2v) is 6.67. The van der Waals surface area contributed by atoms with Crippen LogP contribution in [-0.2, 0) is 14.7 Å². The summed E-state index contributed by atoms with van der Waals surface area (Å²) in [5.41, 5.74) is 0. The highest BCUT2D eigenvalue weighted by molar-refractivity contribution is 7.85. The smallest absolute Gasteiger partial charge is 0.197 e. The molecule has 0 bridgehead atoms. The van der Waals surface area contributed by atoms with Gasteiger partial charge in [0.15, 0.2) is 0 Å². The van der Waals surface area contributed by atoms with E-state index in [-0.39, 0.29) is 5.75 Å². The summed E-state index contributed by atoms with van der Waals surface area (Å²) in [6, 6.07) is 0. The third-order valence-corrected chi connectivity index (χ3v) is 4.04. The molecule has 18 heavy (non-hydrogen) atoms. The summed E-state index contributed by atoms with van der Waals surface area (Å²) in [5.74, 6) is -0.190. The van der Waals surface area contributed by atoms with Gasteiger partial charge in [-0.05, 0) is 6.42 Å². The van der Waals surface area contributed by atoms with Gasteiger partial charge < -0.3 is 0 Å². The van der Waals surface area contributed by atoms with Crippen molar-refractivity contribution < 1.29 is 13.0 Å². The van der Waals surface area contributed by atoms with Crippen molar-refractivity contribution >= 4 is 10.1 Å². The number of unbranched alkanes of at least 4 members (excludes halogenated alkanes) is 11. The van der Waals surface area contributed by atoms with Crippen molar-refractivity contribution in [3.05, 3.63) is 0 Å². The van der Waals surface area contributed by atoms with Gasteiger partial charge in [-0.3, -0.25) is 0 Å². The second-order valence-electron chi connectivity index (χ2n) is 5.15. The van der Waals surface area contributed by atoms with Crippen LogP contribution in [0.5, 0.6) is 0 Å². The number of hydrogen-bond donors (Lipinski definition) is 0. The van der Waals surface area contributed by atoms with Crippen LogP contribution < -0.4 is 0 Å². The van der Waals surface area contributed by atoms with Crippen LogP contribution in [0.25, 0.3) is 0 Å². The summed E-state index contributed by atoms with van der Waals surface area (Å²) < 4.78 is 31.1. The Morgan fingerprint density at radius 1 is 0.611 bits per heavy atom. The molecule has 0 N–H and O–H groups in total. The Morgan fingerprint density at radius 2 is 0.944 bits per heavy atom. The van der Waals surface area contributed by atoms with Crippen LogP contribution in [0.2, 0.25) is 0 Å². The van der Waals surface area contributed by atoms with E-state index in [9.17, 15) is 13.0 Å². The second kappa shape index (κ2) is 12.0. The SMILES string of the molecule is CCCCCCCCCCCCCCS([O])(=O)=O. The van der Waals surface area contributed by atoms with Gasteiger partial charge in [0.1, 0.15) is 0 Å². The third kappa shape index (κ3) is 15.9. The molecule has 0 heterocycles. The summed E-state index contributed by atoms with van der Waals surface area (Å²) >= 11 is 0. The first kappa shape index (κ1) is 17.9. The van der Waals surface area contributed by atoms with Crippen LogP contribution in [0.15, 0.2) is 0 Å². The standard InChI is InChI=1S/C14H29O3S/c1-2-3-4-5-6-7-8-9-10-11-12-13-14-18(15,16)17/h2-14H2,1H3. The van der Waals surface area contributed by atoms with E-state index < -0.39 is 10.1 Å². The Hall–Kier alpha value is -0.0900. The minimum absolute atomic E-state index is 0.190. The lowest BCUT2D eigenvalue weighted by Gasteiger charge is -2.02. The van der Waals surface area contributed by atoms with Gasteiger partial charge in [-0.2, -0.15) is 8.42 Å². The average Bonchev–Trinajstić information content (AvgIpc) is 2.29. The molecule has 0 aliphatic rings. The normalized spacial score (nSPS) is 11.9. The molecule has 0 atom stereocenters. The monoisotopic (exact) mass is 277 g/mol. The highest BCUT2D eigenvalue weighted by Crippen LogP contribution is 2.12. The maximum absolute atomic E-state index is 10.4. The fraction of sp³-hybridized carbons (Fsp3) is 1.00. The predicted octanol–water partition coefficient (Wildman–Crippen LogP) is 4.45. The minimum atomic E-state index is -3.99. The first-order valence-electron chi connectivity index (χ1n) is 7.50. The summed E-state index contributed by atoms with van der Waals surface area (Å²) in [7, 11) is -3.99. The van der Waals surface area contributed by atoms with E-state index >= 15 is 0 Å². The van der Waals surface area contributed by atoms with E-state index in [0.717, 1.165) is 12.8 Å². The highest BCUT2D eigenvalue weighted by Gasteiger charge is 2.04. The largest absolute Gasteiger partial charge is 0.294 e. The zero-order valence-corrected chi connectivity index (χ0v) is 12.6. The third-order valence-electron chi connectivity index (χ3n) is 3.25. The maximum atomic E-state index is 10.4. The first-order valence-corrected chi connectivity index (χ1v) is 9.07. The summed E-state index contributed by atoms with van der Waals surface area (Å²) in [6.07, 6.45) is 14.3. The Bertz CT molecular complexity index is 260. The van der Waals surface area contributed by atoms with Gasteiger partial charge in [-0.25, -0.2) is 0 Å². The van der Waals surface area contributed by atoms with Crippen LogP contribution in [0.1, 0.15) is 84.0 Å². The lowest BCUT2D eigenvalue weighted by molar-refractivity contribution is 0.412. The van der Waals surface area contributed by atoms with Crippen LogP contribution in [0, 0.1) is 0 Å². The Kier molecular flexibility index (Phi) is 11.9. The van der Waals surface area contributed by atoms with E-state index in [0.29, 0.717) is 6.42 Å². The van der Waals surface area contributed by atoms with Gasteiger partial charge in [0, 0.05) is 0 Å². The predicted molar refractivity (Wildman–Crippen MR) is 75.6 cm³/mol. The average molecular weight is 277 g/mol. The van der Waals surface area contributed by atoms with E-state index in [1.807, 2.05) is 0 Å². The molecule has 0 fully saturated rings. The molecule has 0 amide bonds. The van der Waals surface area contributed by atoms with Crippen molar-refractivity contribution in [2.24, 2.45) is 0 Å². The molecule has 0 aromatic heterocycles. The molecule has 3 nitrogen and oxygen atoms in total. The lowest BCUT2D eigenvalue weighted by atomic mass is 10.1.